The number of hydrogen-bond donors (Lipinski definition) is 0. The van der Waals surface area contributed by atoms with Gasteiger partial charge in [-0.25, -0.2) is 8.42 Å². The Morgan fingerprint density at radius 1 is 1.00 bits per heavy atom. The largest absolute Gasteiger partial charge is 0.337 e. The number of hydrogen-bond acceptors (Lipinski definition) is 4. The van der Waals surface area contributed by atoms with Gasteiger partial charge in [0.15, 0.2) is 0 Å². The van der Waals surface area contributed by atoms with Crippen LogP contribution >= 0.6 is 0 Å². The topological polar surface area (TPSA) is 75.5 Å². The van der Waals surface area contributed by atoms with Crippen LogP contribution in [0.3, 0.4) is 0 Å². The fraction of sp³-hybridized carbons (Fsp3) is 0.800. The van der Waals surface area contributed by atoms with Crippen LogP contribution in [-0.4, -0.2) is 65.2 Å². The number of carbonyl (C=O) groups is 1. The van der Waals surface area contributed by atoms with E-state index in [4.69, 9.17) is 0 Å². The van der Waals surface area contributed by atoms with Gasteiger partial charge in [-0.1, -0.05) is 6.42 Å². The van der Waals surface area contributed by atoms with E-state index < -0.39 is 10.0 Å². The Kier molecular flexibility index (Phi) is 5.53. The molecule has 7 nitrogen and oxygen atoms in total. The maximum absolute atomic E-state index is 13.2. The van der Waals surface area contributed by atoms with E-state index in [-0.39, 0.29) is 11.9 Å². The van der Waals surface area contributed by atoms with Crippen molar-refractivity contribution in [3.05, 3.63) is 17.0 Å². The molecule has 1 atom stereocenters. The summed E-state index contributed by atoms with van der Waals surface area (Å²) in [6.45, 7) is 2.05. The molecule has 1 aliphatic carbocycles. The Labute approximate surface area is 168 Å². The van der Waals surface area contributed by atoms with Crippen molar-refractivity contribution >= 4 is 15.9 Å². The number of aryl methyl sites for hydroxylation is 2. The third-order valence-electron chi connectivity index (χ3n) is 6.82. The fourth-order valence-corrected chi connectivity index (χ4v) is 6.63. The first-order valence-electron chi connectivity index (χ1n) is 10.7. The van der Waals surface area contributed by atoms with Gasteiger partial charge in [0.2, 0.25) is 10.0 Å². The van der Waals surface area contributed by atoms with E-state index in [0.29, 0.717) is 25.6 Å². The van der Waals surface area contributed by atoms with E-state index in [1.807, 2.05) is 11.9 Å². The first-order valence-corrected chi connectivity index (χ1v) is 12.5. The van der Waals surface area contributed by atoms with Crippen molar-refractivity contribution in [1.29, 1.82) is 0 Å². The number of aromatic nitrogens is 2. The molecular formula is C20H32N4O3S. The molecule has 2 aliphatic heterocycles. The minimum atomic E-state index is -3.16. The van der Waals surface area contributed by atoms with Crippen molar-refractivity contribution in [2.45, 2.75) is 63.8 Å². The number of fused-ring (bicyclic) bond motifs is 1. The van der Waals surface area contributed by atoms with Gasteiger partial charge in [-0.3, -0.25) is 9.48 Å². The van der Waals surface area contributed by atoms with Crippen molar-refractivity contribution in [3.8, 4) is 0 Å². The first kappa shape index (κ1) is 19.9. The van der Waals surface area contributed by atoms with Crippen LogP contribution in [0.2, 0.25) is 0 Å². The summed E-state index contributed by atoms with van der Waals surface area (Å²) in [6, 6.07) is 0.102. The van der Waals surface area contributed by atoms with Crippen molar-refractivity contribution in [2.24, 2.45) is 13.0 Å². The number of rotatable bonds is 3. The Hall–Kier alpha value is -1.41. The molecule has 0 aromatic carbocycles. The number of amides is 1. The minimum Gasteiger partial charge on any atom is -0.337 e. The van der Waals surface area contributed by atoms with Gasteiger partial charge in [0, 0.05) is 38.3 Å². The van der Waals surface area contributed by atoms with Crippen molar-refractivity contribution < 1.29 is 13.2 Å². The zero-order valence-corrected chi connectivity index (χ0v) is 17.9. The molecule has 3 aliphatic rings. The summed E-state index contributed by atoms with van der Waals surface area (Å²) < 4.78 is 27.9. The van der Waals surface area contributed by atoms with Crippen LogP contribution < -0.4 is 0 Å². The number of piperidine rings is 2. The van der Waals surface area contributed by atoms with Crippen molar-refractivity contribution in [1.82, 2.24) is 19.0 Å². The third-order valence-corrected chi connectivity index (χ3v) is 8.12. The van der Waals surface area contributed by atoms with Crippen molar-refractivity contribution in [2.75, 3.05) is 25.9 Å². The van der Waals surface area contributed by atoms with E-state index in [1.165, 1.54) is 6.26 Å². The van der Waals surface area contributed by atoms with Crippen LogP contribution in [0.5, 0.6) is 0 Å². The smallest absolute Gasteiger partial charge is 0.272 e. The van der Waals surface area contributed by atoms with Gasteiger partial charge < -0.3 is 4.90 Å². The maximum atomic E-state index is 13.2. The highest BCUT2D eigenvalue weighted by atomic mass is 32.2. The molecule has 156 valence electrons. The lowest BCUT2D eigenvalue weighted by atomic mass is 9.85. The molecule has 28 heavy (non-hydrogen) atoms. The van der Waals surface area contributed by atoms with Crippen LogP contribution in [0.4, 0.5) is 0 Å². The maximum Gasteiger partial charge on any atom is 0.272 e. The second kappa shape index (κ2) is 7.78. The second-order valence-electron chi connectivity index (χ2n) is 8.67. The van der Waals surface area contributed by atoms with E-state index in [9.17, 15) is 13.2 Å². The third kappa shape index (κ3) is 3.73. The van der Waals surface area contributed by atoms with Gasteiger partial charge in [0.05, 0.1) is 11.9 Å². The molecule has 1 aromatic heterocycles. The highest BCUT2D eigenvalue weighted by Crippen LogP contribution is 2.33. The van der Waals surface area contributed by atoms with Gasteiger partial charge in [-0.2, -0.15) is 9.40 Å². The number of sulfonamides is 1. The van der Waals surface area contributed by atoms with Crippen LogP contribution in [-0.2, 0) is 29.9 Å². The quantitative estimate of drug-likeness (QED) is 0.766. The normalized spacial score (nSPS) is 24.9. The fourth-order valence-electron chi connectivity index (χ4n) is 5.40. The molecule has 0 N–H and O–H groups in total. The summed E-state index contributed by atoms with van der Waals surface area (Å²) in [5.74, 6) is 0.444. The van der Waals surface area contributed by atoms with Crippen LogP contribution in [0.25, 0.3) is 0 Å². The molecule has 0 spiro atoms. The van der Waals surface area contributed by atoms with E-state index in [0.717, 1.165) is 74.7 Å². The Bertz CT molecular complexity index is 840. The van der Waals surface area contributed by atoms with Crippen molar-refractivity contribution in [3.63, 3.8) is 0 Å². The first-order chi connectivity index (χ1) is 13.4. The van der Waals surface area contributed by atoms with Gasteiger partial charge in [0.25, 0.3) is 5.91 Å². The average Bonchev–Trinajstić information content (AvgIpc) is 3.02. The van der Waals surface area contributed by atoms with Gasteiger partial charge >= 0.3 is 0 Å². The molecule has 0 saturated carbocycles. The lowest BCUT2D eigenvalue weighted by Gasteiger charge is -2.42. The Morgan fingerprint density at radius 2 is 1.71 bits per heavy atom. The predicted molar refractivity (Wildman–Crippen MR) is 108 cm³/mol. The van der Waals surface area contributed by atoms with Crippen LogP contribution in [0, 0.1) is 5.92 Å². The summed E-state index contributed by atoms with van der Waals surface area (Å²) in [7, 11) is -1.29. The molecule has 4 rings (SSSR count). The second-order valence-corrected chi connectivity index (χ2v) is 10.6. The molecule has 1 amide bonds. The van der Waals surface area contributed by atoms with E-state index in [1.54, 1.807) is 8.99 Å². The lowest BCUT2D eigenvalue weighted by Crippen LogP contribution is -2.50. The Morgan fingerprint density at radius 3 is 2.43 bits per heavy atom. The highest BCUT2D eigenvalue weighted by Gasteiger charge is 2.38. The summed E-state index contributed by atoms with van der Waals surface area (Å²) in [6.07, 6.45) is 10.3. The molecule has 1 aromatic rings. The number of nitrogens with zero attached hydrogens (tertiary/aromatic N) is 4. The monoisotopic (exact) mass is 408 g/mol. The summed E-state index contributed by atoms with van der Waals surface area (Å²) in [5, 5.41) is 4.59. The molecule has 0 bridgehead atoms. The molecule has 8 heteroatoms. The minimum absolute atomic E-state index is 0.0974. The summed E-state index contributed by atoms with van der Waals surface area (Å²) >= 11 is 0. The van der Waals surface area contributed by atoms with Gasteiger partial charge in [0.1, 0.15) is 5.69 Å². The Balaban J connectivity index is 1.44. The predicted octanol–water partition coefficient (Wildman–Crippen LogP) is 1.97. The van der Waals surface area contributed by atoms with E-state index in [2.05, 4.69) is 5.10 Å². The zero-order chi connectivity index (χ0) is 19.9. The van der Waals surface area contributed by atoms with Crippen LogP contribution in [0.1, 0.15) is 66.7 Å². The molecule has 2 saturated heterocycles. The highest BCUT2D eigenvalue weighted by molar-refractivity contribution is 7.88. The molecular weight excluding hydrogens is 376 g/mol. The molecule has 0 radical (unpaired) electrons. The SMILES string of the molecule is Cn1nc2c(c1C(=O)N1CCC([C@@H]3CCCCN3S(C)(=O)=O)CC1)CCCC2. The molecule has 0 unspecified atom stereocenters. The molecule has 3 heterocycles. The van der Waals surface area contributed by atoms with Crippen LogP contribution in [0.15, 0.2) is 0 Å². The van der Waals surface area contributed by atoms with E-state index >= 15 is 0 Å². The zero-order valence-electron chi connectivity index (χ0n) is 17.1. The number of carbonyl (C=O) groups excluding carboxylic acids is 1. The lowest BCUT2D eigenvalue weighted by molar-refractivity contribution is 0.0609. The van der Waals surface area contributed by atoms with Gasteiger partial charge in [-0.15, -0.1) is 0 Å². The average molecular weight is 409 g/mol. The number of likely N-dealkylation sites (tertiary alicyclic amines) is 1. The molecule has 2 fully saturated rings. The summed E-state index contributed by atoms with van der Waals surface area (Å²) in [5.41, 5.74) is 3.01. The van der Waals surface area contributed by atoms with Gasteiger partial charge in [-0.05, 0) is 57.3 Å². The summed E-state index contributed by atoms with van der Waals surface area (Å²) in [4.78, 5) is 15.2. The standard InChI is InChI=1S/C20H32N4O3S/c1-22-19(16-7-3-4-8-17(16)21-22)20(25)23-13-10-15(11-14-23)18-9-5-6-12-24(18)28(2,26)27/h15,18H,3-14H2,1-2H3/t18-/m0/s1.